The molecule has 0 atom stereocenters. The van der Waals surface area contributed by atoms with Crippen molar-refractivity contribution < 1.29 is 28.6 Å². The first-order chi connectivity index (χ1) is 9.88. The Morgan fingerprint density at radius 1 is 1.33 bits per heavy atom. The fourth-order valence-corrected chi connectivity index (χ4v) is 1.46. The minimum atomic E-state index is -1.21. The second kappa shape index (κ2) is 7.95. The van der Waals surface area contributed by atoms with E-state index in [1.165, 1.54) is 30.1 Å². The van der Waals surface area contributed by atoms with Gasteiger partial charge in [0, 0.05) is 13.6 Å². The highest BCUT2D eigenvalue weighted by Gasteiger charge is 2.13. The van der Waals surface area contributed by atoms with Crippen molar-refractivity contribution in [2.75, 3.05) is 20.3 Å². The lowest BCUT2D eigenvalue weighted by Gasteiger charge is -2.17. The van der Waals surface area contributed by atoms with E-state index in [1.54, 1.807) is 6.07 Å². The highest BCUT2D eigenvalue weighted by atomic mass is 19.1. The molecule has 0 unspecified atom stereocenters. The summed E-state index contributed by atoms with van der Waals surface area (Å²) in [6.45, 7) is -1.04. The second-order valence-corrected chi connectivity index (χ2v) is 4.23. The molecule has 114 valence electrons. The molecular formula is C13H15FN2O5. The normalized spacial score (nSPS) is 10.0. The highest BCUT2D eigenvalue weighted by molar-refractivity contribution is 5.94. The number of carbonyl (C=O) groups is 3. The largest absolute Gasteiger partial charge is 0.480 e. The molecule has 0 bridgehead atoms. The molecule has 3 amide bonds. The van der Waals surface area contributed by atoms with Crippen LogP contribution in [0.2, 0.25) is 0 Å². The van der Waals surface area contributed by atoms with Gasteiger partial charge in [-0.1, -0.05) is 12.1 Å². The molecule has 0 saturated carbocycles. The Labute approximate surface area is 120 Å². The Balaban J connectivity index is 2.40. The Bertz CT molecular complexity index is 535. The van der Waals surface area contributed by atoms with Crippen LogP contribution in [-0.2, 0) is 20.9 Å². The van der Waals surface area contributed by atoms with E-state index >= 15 is 0 Å². The molecule has 0 aromatic heterocycles. The van der Waals surface area contributed by atoms with Gasteiger partial charge >= 0.3 is 12.0 Å². The van der Waals surface area contributed by atoms with E-state index in [0.29, 0.717) is 5.56 Å². The van der Waals surface area contributed by atoms with Crippen LogP contribution in [0, 0.1) is 5.82 Å². The number of halogens is 1. The van der Waals surface area contributed by atoms with Gasteiger partial charge in [-0.2, -0.15) is 0 Å². The van der Waals surface area contributed by atoms with Gasteiger partial charge in [0.15, 0.2) is 0 Å². The number of carboxylic acids is 1. The van der Waals surface area contributed by atoms with Gasteiger partial charge in [0.05, 0.1) is 0 Å². The van der Waals surface area contributed by atoms with Crippen molar-refractivity contribution in [2.45, 2.75) is 6.54 Å². The van der Waals surface area contributed by atoms with Crippen LogP contribution < -0.4 is 5.32 Å². The lowest BCUT2D eigenvalue weighted by Crippen LogP contribution is -2.42. The molecule has 0 spiro atoms. The summed E-state index contributed by atoms with van der Waals surface area (Å²) in [4.78, 5) is 34.3. The van der Waals surface area contributed by atoms with E-state index in [0.717, 1.165) is 0 Å². The number of imide groups is 1. The standard InChI is InChI=1S/C13H15FN2O5/c1-16(6-9-3-2-4-10(14)5-9)13(20)15-11(17)7-21-8-12(18)19/h2-5H,6-8H2,1H3,(H,18,19)(H,15,17,20). The van der Waals surface area contributed by atoms with Crippen LogP contribution in [0.1, 0.15) is 5.56 Å². The number of carbonyl (C=O) groups excluding carboxylic acids is 2. The lowest BCUT2D eigenvalue weighted by molar-refractivity contribution is -0.143. The first-order valence-electron chi connectivity index (χ1n) is 5.97. The van der Waals surface area contributed by atoms with E-state index in [9.17, 15) is 18.8 Å². The molecule has 1 aromatic rings. The summed E-state index contributed by atoms with van der Waals surface area (Å²) in [6, 6.07) is 5.03. The van der Waals surface area contributed by atoms with Gasteiger partial charge in [0.25, 0.3) is 5.91 Å². The molecule has 8 heteroatoms. The molecule has 0 fully saturated rings. The quantitative estimate of drug-likeness (QED) is 0.801. The number of carboxylic acid groups (broad SMARTS) is 1. The molecule has 21 heavy (non-hydrogen) atoms. The SMILES string of the molecule is CN(Cc1cccc(F)c1)C(=O)NC(=O)COCC(=O)O. The summed E-state index contributed by atoms with van der Waals surface area (Å²) < 4.78 is 17.5. The third-order valence-electron chi connectivity index (χ3n) is 2.36. The van der Waals surface area contributed by atoms with Crippen LogP contribution in [0.3, 0.4) is 0 Å². The molecule has 0 aliphatic carbocycles. The molecule has 0 saturated heterocycles. The molecule has 0 heterocycles. The van der Waals surface area contributed by atoms with E-state index in [4.69, 9.17) is 5.11 Å². The van der Waals surface area contributed by atoms with Crippen LogP contribution in [0.4, 0.5) is 9.18 Å². The summed E-state index contributed by atoms with van der Waals surface area (Å²) in [5.41, 5.74) is 0.572. The molecule has 0 aliphatic heterocycles. The third kappa shape index (κ3) is 6.48. The van der Waals surface area contributed by atoms with Gasteiger partial charge in [0.2, 0.25) is 0 Å². The number of rotatable bonds is 6. The number of amides is 3. The molecule has 7 nitrogen and oxygen atoms in total. The van der Waals surface area contributed by atoms with E-state index in [-0.39, 0.29) is 6.54 Å². The number of hydrogen-bond acceptors (Lipinski definition) is 4. The number of benzene rings is 1. The number of hydrogen-bond donors (Lipinski definition) is 2. The fraction of sp³-hybridized carbons (Fsp3) is 0.308. The van der Waals surface area contributed by atoms with Crippen molar-refractivity contribution in [1.29, 1.82) is 0 Å². The van der Waals surface area contributed by atoms with Crippen molar-refractivity contribution in [2.24, 2.45) is 0 Å². The van der Waals surface area contributed by atoms with Gasteiger partial charge in [-0.3, -0.25) is 10.1 Å². The van der Waals surface area contributed by atoms with Gasteiger partial charge in [-0.25, -0.2) is 14.0 Å². The van der Waals surface area contributed by atoms with Crippen LogP contribution in [0.25, 0.3) is 0 Å². The number of nitrogens with one attached hydrogen (secondary N) is 1. The average molecular weight is 298 g/mol. The maximum atomic E-state index is 13.0. The summed E-state index contributed by atoms with van der Waals surface area (Å²) in [5, 5.41) is 10.3. The highest BCUT2D eigenvalue weighted by Crippen LogP contribution is 2.06. The minimum absolute atomic E-state index is 0.118. The topological polar surface area (TPSA) is 95.9 Å². The number of ether oxygens (including phenoxy) is 1. The first-order valence-corrected chi connectivity index (χ1v) is 5.97. The zero-order valence-corrected chi connectivity index (χ0v) is 11.3. The summed E-state index contributed by atoms with van der Waals surface area (Å²) >= 11 is 0. The van der Waals surface area contributed by atoms with Crippen LogP contribution >= 0.6 is 0 Å². The molecule has 0 radical (unpaired) electrons. The van der Waals surface area contributed by atoms with Gasteiger partial charge in [0.1, 0.15) is 19.0 Å². The fourth-order valence-electron chi connectivity index (χ4n) is 1.46. The van der Waals surface area contributed by atoms with Crippen molar-refractivity contribution >= 4 is 17.9 Å². The van der Waals surface area contributed by atoms with Crippen LogP contribution in [-0.4, -0.2) is 48.2 Å². The number of aliphatic carboxylic acids is 1. The van der Waals surface area contributed by atoms with Crippen molar-refractivity contribution in [3.63, 3.8) is 0 Å². The summed E-state index contributed by atoms with van der Waals surface area (Å²) in [7, 11) is 1.44. The zero-order valence-electron chi connectivity index (χ0n) is 11.3. The van der Waals surface area contributed by atoms with E-state index in [2.05, 4.69) is 4.74 Å². The molecule has 1 rings (SSSR count). The lowest BCUT2D eigenvalue weighted by atomic mass is 10.2. The van der Waals surface area contributed by atoms with E-state index in [1.807, 2.05) is 5.32 Å². The van der Waals surface area contributed by atoms with Gasteiger partial charge in [-0.05, 0) is 17.7 Å². The Hall–Kier alpha value is -2.48. The maximum Gasteiger partial charge on any atom is 0.329 e. The van der Waals surface area contributed by atoms with Crippen molar-refractivity contribution in [1.82, 2.24) is 10.2 Å². The third-order valence-corrected chi connectivity index (χ3v) is 2.36. The van der Waals surface area contributed by atoms with Gasteiger partial charge in [-0.15, -0.1) is 0 Å². The second-order valence-electron chi connectivity index (χ2n) is 4.23. The van der Waals surface area contributed by atoms with Crippen LogP contribution in [0.15, 0.2) is 24.3 Å². The van der Waals surface area contributed by atoms with Crippen molar-refractivity contribution in [3.8, 4) is 0 Å². The Kier molecular flexibility index (Phi) is 6.28. The molecule has 1 aromatic carbocycles. The predicted octanol–water partition coefficient (Wildman–Crippen LogP) is 0.595. The minimum Gasteiger partial charge on any atom is -0.480 e. The predicted molar refractivity (Wildman–Crippen MR) is 69.9 cm³/mol. The zero-order chi connectivity index (χ0) is 15.8. The molecular weight excluding hydrogens is 283 g/mol. The summed E-state index contributed by atoms with van der Waals surface area (Å²) in [5.74, 6) is -2.39. The first kappa shape index (κ1) is 16.6. The Morgan fingerprint density at radius 3 is 2.67 bits per heavy atom. The van der Waals surface area contributed by atoms with Gasteiger partial charge < -0.3 is 14.7 Å². The van der Waals surface area contributed by atoms with Crippen LogP contribution in [0.5, 0.6) is 0 Å². The smallest absolute Gasteiger partial charge is 0.329 e. The number of urea groups is 1. The summed E-state index contributed by atoms with van der Waals surface area (Å²) in [6.07, 6.45) is 0. The van der Waals surface area contributed by atoms with E-state index < -0.39 is 36.9 Å². The molecule has 2 N–H and O–H groups in total. The average Bonchev–Trinajstić information content (AvgIpc) is 2.38. The maximum absolute atomic E-state index is 13.0. The molecule has 0 aliphatic rings. The van der Waals surface area contributed by atoms with Crippen molar-refractivity contribution in [3.05, 3.63) is 35.6 Å². The number of nitrogens with zero attached hydrogens (tertiary/aromatic N) is 1. The Morgan fingerprint density at radius 2 is 2.05 bits per heavy atom. The monoisotopic (exact) mass is 298 g/mol.